The number of alkyl halides is 1. The van der Waals surface area contributed by atoms with Crippen molar-refractivity contribution in [3.8, 4) is 17.2 Å². The third-order valence-corrected chi connectivity index (χ3v) is 11.0. The predicted molar refractivity (Wildman–Crippen MR) is 277 cm³/mol. The first-order valence-corrected chi connectivity index (χ1v) is 24.2. The molecule has 0 radical (unpaired) electrons. The number of phenolic OH excluding ortho intramolecular Hbond substituents is 1. The van der Waals surface area contributed by atoms with E-state index in [-0.39, 0.29) is 116 Å². The number of fused-ring (bicyclic) bond motifs is 6. The summed E-state index contributed by atoms with van der Waals surface area (Å²) in [5.41, 5.74) is 10.6. The van der Waals surface area contributed by atoms with Gasteiger partial charge in [0.05, 0.1) is 46.3 Å². The Balaban J connectivity index is 0.000000338. The number of rotatable bonds is 18. The normalized spacial score (nSPS) is 10.3. The van der Waals surface area contributed by atoms with Gasteiger partial charge in [0.1, 0.15) is 34.6 Å². The Morgan fingerprint density at radius 1 is 0.514 bits per heavy atom. The second-order valence-corrected chi connectivity index (χ2v) is 16.1. The van der Waals surface area contributed by atoms with Crippen molar-refractivity contribution in [2.75, 3.05) is 59.7 Å². The summed E-state index contributed by atoms with van der Waals surface area (Å²) < 4.78 is 29.1. The summed E-state index contributed by atoms with van der Waals surface area (Å²) in [6.45, 7) is 6.66. The third-order valence-electron chi connectivity index (χ3n) is 10.4. The van der Waals surface area contributed by atoms with Gasteiger partial charge in [-0.05, 0) is 106 Å². The van der Waals surface area contributed by atoms with Crippen molar-refractivity contribution in [2.45, 2.75) is 52.0 Å². The van der Waals surface area contributed by atoms with Crippen LogP contribution in [0.2, 0.25) is 0 Å². The number of ether oxygens (including phenoxy) is 5. The molecule has 0 saturated heterocycles. The molecule has 3 aromatic heterocycles. The summed E-state index contributed by atoms with van der Waals surface area (Å²) in [5.74, 6) is 1.82. The molecule has 6 aromatic carbocycles. The molecule has 0 aliphatic rings. The monoisotopic (exact) mass is 1100 g/mol. The van der Waals surface area contributed by atoms with Crippen molar-refractivity contribution in [2.24, 2.45) is 0 Å². The van der Waals surface area contributed by atoms with Crippen LogP contribution in [0.3, 0.4) is 0 Å². The summed E-state index contributed by atoms with van der Waals surface area (Å²) in [6.07, 6.45) is 6.33. The number of carbonyl (C=O) groups is 1. The van der Waals surface area contributed by atoms with Crippen molar-refractivity contribution in [3.05, 3.63) is 127 Å². The van der Waals surface area contributed by atoms with Gasteiger partial charge < -0.3 is 40.4 Å². The van der Waals surface area contributed by atoms with Crippen LogP contribution in [0, 0.1) is 0 Å². The van der Waals surface area contributed by atoms with Crippen LogP contribution < -0.4 is 122 Å². The first kappa shape index (κ1) is 62.9. The molecule has 0 saturated carbocycles. The van der Waals surface area contributed by atoms with Crippen LogP contribution in [0.1, 0.15) is 46.9 Å². The number of methoxy groups -OCH3 is 3. The summed E-state index contributed by atoms with van der Waals surface area (Å²) in [5, 5.41) is 19.2. The second-order valence-electron chi connectivity index (χ2n) is 15.3. The maximum absolute atomic E-state index is 9.63. The summed E-state index contributed by atoms with van der Waals surface area (Å²) >= 11 is 3.32. The molecule has 0 unspecified atom stereocenters. The Morgan fingerprint density at radius 2 is 0.903 bits per heavy atom. The van der Waals surface area contributed by atoms with Crippen molar-refractivity contribution >= 4 is 88.6 Å². The SMILES string of the molecule is CC[n+]1c2ccccc2nc2c(OCCCCOC)cccc21.COCCCCBr.COCCCCOc1cccc2nc3ccccc3nc12.O=CO[O-].Oc1cccc2nc3ccccc3nc12.[H-].[K+].[K+]. The standard InChI is InChI=1S/C19H23N2O2.C17H18N2O2.C12H8N2O.C5H11BrO.CH2O3.2K.H/c1-3-21-16-10-5-4-9-15(16)20-19-17(21)11-8-12-18(19)23-14-7-6-13-22-2;1-20-11-4-5-12-21-16-10-6-9-15-17(16)19-14-8-3-2-7-13(14)18-15;15-11-7-3-6-10-12(11)14-9-5-2-1-4-8(9)13-10;1-7-5-3-2-4-6;2-1-4-3;;;/h4-5,8-12H,3,6-7,13-14H2,1-2H3;2-3,6-10H,4-5,11-12H2,1H3;1-7,15H;2-5H2,1H3;1,3H;;;/q+1;;;;;2*+1;-1/p-1. The zero-order chi connectivity index (χ0) is 49.8. The molecule has 0 amide bonds. The number of aromatic hydroxyl groups is 1. The van der Waals surface area contributed by atoms with E-state index in [2.05, 4.69) is 76.5 Å². The molecular formula is C54H62BrK2N6O9+. The Bertz CT molecular complexity index is 3000. The van der Waals surface area contributed by atoms with Crippen LogP contribution in [0.4, 0.5) is 0 Å². The van der Waals surface area contributed by atoms with E-state index in [9.17, 15) is 5.11 Å². The molecule has 3 heterocycles. The molecule has 9 aromatic rings. The number of nitrogens with zero attached hydrogens (tertiary/aromatic N) is 6. The molecule has 15 nitrogen and oxygen atoms in total. The summed E-state index contributed by atoms with van der Waals surface area (Å²) in [4.78, 5) is 34.2. The summed E-state index contributed by atoms with van der Waals surface area (Å²) in [6, 6.07) is 41.0. The molecular weight excluding hydrogens is 1030 g/mol. The van der Waals surface area contributed by atoms with Gasteiger partial charge in [-0.2, -0.15) is 4.57 Å². The third kappa shape index (κ3) is 19.7. The fraction of sp³-hybridized carbons (Fsp3) is 0.315. The molecule has 0 atom stereocenters. The van der Waals surface area contributed by atoms with Crippen LogP contribution >= 0.6 is 15.9 Å². The van der Waals surface area contributed by atoms with E-state index in [1.54, 1.807) is 33.5 Å². The smallest absolute Gasteiger partial charge is 1.00 e. The summed E-state index contributed by atoms with van der Waals surface area (Å²) in [7, 11) is 5.17. The van der Waals surface area contributed by atoms with Crippen molar-refractivity contribution < 1.29 is 152 Å². The quantitative estimate of drug-likeness (QED) is 0.0191. The van der Waals surface area contributed by atoms with Gasteiger partial charge in [-0.25, -0.2) is 24.9 Å². The molecule has 18 heteroatoms. The van der Waals surface area contributed by atoms with Crippen LogP contribution in [-0.2, 0) is 30.4 Å². The second kappa shape index (κ2) is 36.5. The van der Waals surface area contributed by atoms with Gasteiger partial charge in [-0.15, -0.1) is 0 Å². The van der Waals surface area contributed by atoms with E-state index >= 15 is 0 Å². The van der Waals surface area contributed by atoms with Gasteiger partial charge in [0.2, 0.25) is 11.0 Å². The minimum absolute atomic E-state index is 0. The van der Waals surface area contributed by atoms with E-state index in [4.69, 9.17) is 38.7 Å². The minimum atomic E-state index is -0.181. The minimum Gasteiger partial charge on any atom is -1.00 e. The molecule has 0 spiro atoms. The Hall–Kier alpha value is -3.42. The number of halogens is 1. The van der Waals surface area contributed by atoms with E-state index < -0.39 is 0 Å². The van der Waals surface area contributed by atoms with Gasteiger partial charge >= 0.3 is 103 Å². The number of aryl methyl sites for hydroxylation is 1. The predicted octanol–water partition coefficient (Wildman–Crippen LogP) is 3.94. The van der Waals surface area contributed by atoms with Crippen LogP contribution in [0.25, 0.3) is 66.2 Å². The average molecular weight is 1100 g/mol. The van der Waals surface area contributed by atoms with E-state index in [1.165, 1.54) is 12.8 Å². The van der Waals surface area contributed by atoms with E-state index in [0.717, 1.165) is 124 Å². The molecule has 370 valence electrons. The van der Waals surface area contributed by atoms with Gasteiger partial charge in [0, 0.05) is 58.6 Å². The molecule has 0 fully saturated rings. The topological polar surface area (TPSA) is 184 Å². The molecule has 9 rings (SSSR count). The molecule has 0 bridgehead atoms. The molecule has 72 heavy (non-hydrogen) atoms. The number of aromatic nitrogens is 6. The van der Waals surface area contributed by atoms with Crippen LogP contribution in [-0.4, -0.2) is 96.2 Å². The van der Waals surface area contributed by atoms with Gasteiger partial charge in [-0.3, -0.25) is 4.79 Å². The van der Waals surface area contributed by atoms with Gasteiger partial charge in [0.25, 0.3) is 6.47 Å². The first-order valence-electron chi connectivity index (χ1n) is 23.1. The Morgan fingerprint density at radius 3 is 1.42 bits per heavy atom. The van der Waals surface area contributed by atoms with Crippen molar-refractivity contribution in [1.82, 2.24) is 24.9 Å². The number of benzene rings is 6. The molecule has 0 aliphatic carbocycles. The first-order chi connectivity index (χ1) is 34.4. The van der Waals surface area contributed by atoms with E-state index in [1.807, 2.05) is 91.0 Å². The van der Waals surface area contributed by atoms with Gasteiger partial charge in [0.15, 0.2) is 11.3 Å². The fourth-order valence-electron chi connectivity index (χ4n) is 7.10. The van der Waals surface area contributed by atoms with E-state index in [0.29, 0.717) is 24.2 Å². The number of unbranched alkanes of at least 4 members (excludes halogenated alkanes) is 3. The number of hydrogen-bond acceptors (Lipinski definition) is 14. The number of carbonyl (C=O) groups excluding carboxylic acids is 1. The Labute approximate surface area is 515 Å². The number of phenols is 1. The van der Waals surface area contributed by atoms with Crippen LogP contribution in [0.15, 0.2) is 127 Å². The molecule has 1 N–H and O–H groups in total. The zero-order valence-corrected chi connectivity index (χ0v) is 50.0. The fourth-order valence-corrected chi connectivity index (χ4v) is 7.49. The largest absolute Gasteiger partial charge is 1.00 e. The van der Waals surface area contributed by atoms with Crippen LogP contribution in [0.5, 0.6) is 17.2 Å². The number of hydrogen-bond donors (Lipinski definition) is 1. The van der Waals surface area contributed by atoms with Crippen molar-refractivity contribution in [3.63, 3.8) is 0 Å². The maximum Gasteiger partial charge on any atom is 1.00 e. The van der Waals surface area contributed by atoms with Gasteiger partial charge in [-0.1, -0.05) is 70.5 Å². The van der Waals surface area contributed by atoms with Crippen molar-refractivity contribution in [1.29, 1.82) is 0 Å². The average Bonchev–Trinajstić information content (AvgIpc) is 3.40. The Kier molecular flexibility index (Phi) is 31.9. The maximum atomic E-state index is 9.63. The number of para-hydroxylation sites is 9. The zero-order valence-electron chi connectivity index (χ0n) is 43.2. The molecule has 0 aliphatic heterocycles.